The number of quaternary nitrogens is 1. The molecule has 0 unspecified atom stereocenters. The number of hydrogen-bond donors (Lipinski definition) is 2. The number of fused-ring (bicyclic) bond motifs is 3. The Morgan fingerprint density at radius 3 is 2.42 bits per heavy atom. The van der Waals surface area contributed by atoms with Crippen LogP contribution in [0.1, 0.15) is 43.5 Å². The largest absolute Gasteiger partial charge is 0.632 e. The van der Waals surface area contributed by atoms with Crippen LogP contribution in [-0.2, 0) is 17.8 Å². The summed E-state index contributed by atoms with van der Waals surface area (Å²) < 4.78 is 25.2. The minimum atomic E-state index is -0.645. The molecule has 2 N–H and O–H groups in total. The van der Waals surface area contributed by atoms with Crippen molar-refractivity contribution in [1.29, 1.82) is 0 Å². The summed E-state index contributed by atoms with van der Waals surface area (Å²) in [4.78, 5) is 52.6. The Kier molecular flexibility index (Phi) is 12.1. The average molecular weight is 886 g/mol. The molecule has 6 heterocycles. The Bertz CT molecular complexity index is 3270. The minimum absolute atomic E-state index is 0.0355. The van der Waals surface area contributed by atoms with Crippen LogP contribution in [-0.4, -0.2) is 98.5 Å². The van der Waals surface area contributed by atoms with E-state index in [0.717, 1.165) is 51.2 Å². The number of pyridine rings is 3. The second-order valence-corrected chi connectivity index (χ2v) is 16.3. The first-order chi connectivity index (χ1) is 32.0. The maximum Gasteiger partial charge on any atom is 0.231 e. The molecule has 5 aromatic heterocycles. The van der Waals surface area contributed by atoms with Gasteiger partial charge in [0.25, 0.3) is 0 Å². The van der Waals surface area contributed by atoms with E-state index in [-0.39, 0.29) is 38.8 Å². The van der Waals surface area contributed by atoms with Crippen molar-refractivity contribution < 1.29 is 32.8 Å². The Morgan fingerprint density at radius 2 is 1.62 bits per heavy atom. The first kappa shape index (κ1) is 43.5. The number of nitrogens with one attached hydrogen (secondary N) is 2. The monoisotopic (exact) mass is 885 g/mol. The van der Waals surface area contributed by atoms with Gasteiger partial charge in [-0.05, 0) is 67.5 Å². The quantitative estimate of drug-likeness (QED) is 0.0565. The molecule has 66 heavy (non-hydrogen) atoms. The number of hydroxylamine groups is 3. The van der Waals surface area contributed by atoms with E-state index >= 15 is 0 Å². The highest BCUT2D eigenvalue weighted by atomic mass is 19.1. The van der Waals surface area contributed by atoms with Crippen molar-refractivity contribution in [2.24, 2.45) is 0 Å². The van der Waals surface area contributed by atoms with Gasteiger partial charge < -0.3 is 39.4 Å². The number of hydrogen-bond acceptors (Lipinski definition) is 11. The molecule has 9 aromatic rings. The Balaban J connectivity index is 0.000000167. The predicted molar refractivity (Wildman–Crippen MR) is 247 cm³/mol. The first-order valence-electron chi connectivity index (χ1n) is 21.2. The summed E-state index contributed by atoms with van der Waals surface area (Å²) in [6.45, 7) is 2.73. The number of carbonyl (C=O) groups excluding carboxylic acids is 2. The molecule has 16 heteroatoms. The molecule has 0 bridgehead atoms. The predicted octanol–water partition coefficient (Wildman–Crippen LogP) is 7.55. The van der Waals surface area contributed by atoms with Crippen molar-refractivity contribution in [3.63, 3.8) is 0 Å². The van der Waals surface area contributed by atoms with Gasteiger partial charge in [0.15, 0.2) is 17.8 Å². The van der Waals surface area contributed by atoms with Gasteiger partial charge >= 0.3 is 0 Å². The SMILES string of the molecule is CN(C)Cc1cccc2[nH]c(C(=O)c3ccnc(-c4cncc5ccccc45)c3)nc12.COc1cccc(F)c1-c1cc(C(=O)c2nc3ccc(C[N+]4([O-])CCOCC4)cc3[nH]2)cc[n+]1[O-]. The van der Waals surface area contributed by atoms with Crippen LogP contribution in [0.15, 0.2) is 128 Å². The zero-order valence-electron chi connectivity index (χ0n) is 36.3. The van der Waals surface area contributed by atoms with Crippen molar-refractivity contribution in [2.45, 2.75) is 13.1 Å². The van der Waals surface area contributed by atoms with Gasteiger partial charge in [-0.2, -0.15) is 4.73 Å². The molecule has 1 aliphatic rings. The summed E-state index contributed by atoms with van der Waals surface area (Å²) in [5.41, 5.74) is 6.99. The van der Waals surface area contributed by atoms with E-state index in [4.69, 9.17) is 9.47 Å². The fraction of sp³-hybridized carbons (Fsp3) is 0.180. The summed E-state index contributed by atoms with van der Waals surface area (Å²) in [5.74, 6) is -0.688. The third-order valence-corrected chi connectivity index (χ3v) is 11.4. The van der Waals surface area contributed by atoms with Crippen LogP contribution in [0.5, 0.6) is 5.75 Å². The third-order valence-electron chi connectivity index (χ3n) is 11.4. The number of rotatable bonds is 11. The number of benzene rings is 4. The van der Waals surface area contributed by atoms with E-state index in [1.807, 2.05) is 74.9 Å². The van der Waals surface area contributed by atoms with Gasteiger partial charge in [0.1, 0.15) is 36.8 Å². The van der Waals surface area contributed by atoms with Crippen molar-refractivity contribution in [3.05, 3.63) is 178 Å². The first-order valence-corrected chi connectivity index (χ1v) is 21.2. The highest BCUT2D eigenvalue weighted by Crippen LogP contribution is 2.32. The molecule has 0 aliphatic carbocycles. The normalized spacial score (nSPS) is 13.5. The molecule has 1 saturated heterocycles. The molecule has 0 saturated carbocycles. The molecule has 1 fully saturated rings. The van der Waals surface area contributed by atoms with Crippen LogP contribution in [0.3, 0.4) is 0 Å². The molecule has 0 atom stereocenters. The molecule has 10 rings (SSSR count). The lowest BCUT2D eigenvalue weighted by Gasteiger charge is -2.45. The zero-order chi connectivity index (χ0) is 46.0. The lowest BCUT2D eigenvalue weighted by molar-refractivity contribution is -0.901. The van der Waals surface area contributed by atoms with Crippen LogP contribution < -0.4 is 9.47 Å². The number of methoxy groups -OCH3 is 1. The maximum absolute atomic E-state index is 14.6. The topological polar surface area (TPSA) is 189 Å². The number of aromatic nitrogens is 7. The van der Waals surface area contributed by atoms with Gasteiger partial charge in [-0.3, -0.25) is 19.6 Å². The Morgan fingerprint density at radius 1 is 0.864 bits per heavy atom. The van der Waals surface area contributed by atoms with E-state index in [1.165, 1.54) is 37.4 Å². The van der Waals surface area contributed by atoms with Crippen molar-refractivity contribution >= 4 is 44.4 Å². The van der Waals surface area contributed by atoms with Gasteiger partial charge in [-0.25, -0.2) is 14.4 Å². The Hall–Kier alpha value is -7.76. The molecule has 0 radical (unpaired) electrons. The number of ketones is 2. The summed E-state index contributed by atoms with van der Waals surface area (Å²) >= 11 is 0. The van der Waals surface area contributed by atoms with Gasteiger partial charge in [0.2, 0.25) is 17.3 Å². The number of nitrogens with zero attached hydrogens (tertiary/aromatic N) is 7. The summed E-state index contributed by atoms with van der Waals surface area (Å²) in [6, 6.07) is 29.8. The number of morpholine rings is 1. The van der Waals surface area contributed by atoms with Crippen LogP contribution >= 0.6 is 0 Å². The number of imidazole rings is 2. The standard InChI is InChI=1S/C25H23FN4O5.C25H21N5O/c1-34-22-4-2-3-18(26)23(22)21-14-17(7-8-29(21)32)24(31)25-27-19-6-5-16(13-20(19)28-25)15-30(33)9-11-35-12-10-30;1-30(2)15-18-7-5-9-21-23(18)29-25(28-21)24(31)16-10-11-27-22(12-16)20-14-26-13-17-6-3-4-8-19(17)20/h2-8,13-14H,9-12,15H2,1H3,(H,27,28);3-14H,15H2,1-2H3,(H,28,29). The summed E-state index contributed by atoms with van der Waals surface area (Å²) in [6.07, 6.45) is 6.42. The van der Waals surface area contributed by atoms with E-state index in [0.29, 0.717) is 65.7 Å². The third kappa shape index (κ3) is 8.98. The van der Waals surface area contributed by atoms with Crippen LogP contribution in [0, 0.1) is 16.2 Å². The zero-order valence-corrected chi connectivity index (χ0v) is 36.3. The highest BCUT2D eigenvalue weighted by molar-refractivity contribution is 6.09. The average Bonchev–Trinajstić information content (AvgIpc) is 3.97. The molecule has 4 aromatic carbocycles. The lowest BCUT2D eigenvalue weighted by atomic mass is 10.0. The lowest BCUT2D eigenvalue weighted by Crippen LogP contribution is -2.49. The van der Waals surface area contributed by atoms with E-state index in [1.54, 1.807) is 30.6 Å². The van der Waals surface area contributed by atoms with Gasteiger partial charge in [0, 0.05) is 64.9 Å². The number of ether oxygens (including phenoxy) is 2. The van der Waals surface area contributed by atoms with Gasteiger partial charge in [-0.1, -0.05) is 48.5 Å². The van der Waals surface area contributed by atoms with Crippen LogP contribution in [0.2, 0.25) is 0 Å². The van der Waals surface area contributed by atoms with Crippen molar-refractivity contribution in [2.75, 3.05) is 47.5 Å². The number of halogens is 1. The highest BCUT2D eigenvalue weighted by Gasteiger charge is 2.25. The number of para-hydroxylation sites is 1. The van der Waals surface area contributed by atoms with Crippen molar-refractivity contribution in [3.8, 4) is 28.3 Å². The summed E-state index contributed by atoms with van der Waals surface area (Å²) in [5, 5.41) is 27.4. The van der Waals surface area contributed by atoms with Crippen LogP contribution in [0.4, 0.5) is 4.39 Å². The number of aromatic amines is 2. The molecular weight excluding hydrogens is 842 g/mol. The molecule has 332 valence electrons. The minimum Gasteiger partial charge on any atom is -0.632 e. The second kappa shape index (κ2) is 18.4. The Labute approximate surface area is 377 Å². The van der Waals surface area contributed by atoms with Gasteiger partial charge in [-0.15, -0.1) is 0 Å². The number of carbonyl (C=O) groups is 2. The second-order valence-electron chi connectivity index (χ2n) is 16.3. The molecule has 1 aliphatic heterocycles. The fourth-order valence-corrected chi connectivity index (χ4v) is 8.14. The fourth-order valence-electron chi connectivity index (χ4n) is 8.14. The molecule has 0 amide bonds. The van der Waals surface area contributed by atoms with E-state index in [2.05, 4.69) is 34.8 Å². The van der Waals surface area contributed by atoms with E-state index in [9.17, 15) is 24.4 Å². The van der Waals surface area contributed by atoms with Gasteiger partial charge in [0.05, 0.1) is 48.1 Å². The summed E-state index contributed by atoms with van der Waals surface area (Å²) in [7, 11) is 5.40. The van der Waals surface area contributed by atoms with Crippen LogP contribution in [0.25, 0.3) is 55.4 Å². The van der Waals surface area contributed by atoms with Crippen molar-refractivity contribution in [1.82, 2.24) is 34.8 Å². The maximum atomic E-state index is 14.6. The number of H-pyrrole nitrogens is 2. The van der Waals surface area contributed by atoms with E-state index < -0.39 is 11.6 Å². The molecular formula is C50H44FN9O6. The smallest absolute Gasteiger partial charge is 0.231 e. The molecule has 0 spiro atoms. The molecule has 15 nitrogen and oxygen atoms in total.